The summed E-state index contributed by atoms with van der Waals surface area (Å²) in [6.07, 6.45) is -0.261. The molecule has 0 atom stereocenters. The molecule has 9 heteroatoms. The summed E-state index contributed by atoms with van der Waals surface area (Å²) >= 11 is 1.65. The van der Waals surface area contributed by atoms with E-state index in [1.807, 2.05) is 43.3 Å². The molecule has 1 aliphatic heterocycles. The van der Waals surface area contributed by atoms with Gasteiger partial charge in [0.1, 0.15) is 5.01 Å². The maximum Gasteiger partial charge on any atom is 0.409 e. The average Bonchev–Trinajstić information content (AvgIpc) is 3.36. The first-order chi connectivity index (χ1) is 17.1. The quantitative estimate of drug-likeness (QED) is 0.411. The summed E-state index contributed by atoms with van der Waals surface area (Å²) in [5, 5.41) is 6.57. The van der Waals surface area contributed by atoms with Crippen molar-refractivity contribution >= 4 is 40.1 Å². The number of ether oxygens (including phenoxy) is 1. The standard InChI is InChI=1S/C26H28N6O2S/c1-3-34-26(33)32-14-12-31(13-15-32)24-23(29-21-10-6-7-11-22(21)30-24)27-16-19-17-35-25(28-19)20-9-5-4-8-18(20)2/h4-11,17H,3,12-16H2,1-2H3,(H,27,29). The number of nitrogens with one attached hydrogen (secondary N) is 1. The van der Waals surface area contributed by atoms with Crippen LogP contribution in [0.2, 0.25) is 0 Å². The predicted octanol–water partition coefficient (Wildman–Crippen LogP) is 4.95. The van der Waals surface area contributed by atoms with Gasteiger partial charge in [0.2, 0.25) is 0 Å². The topological polar surface area (TPSA) is 83.5 Å². The summed E-state index contributed by atoms with van der Waals surface area (Å²) in [7, 11) is 0. The number of hydrogen-bond acceptors (Lipinski definition) is 8. The lowest BCUT2D eigenvalue weighted by Crippen LogP contribution is -2.49. The second kappa shape index (κ2) is 10.3. The first-order valence-corrected chi connectivity index (χ1v) is 12.7. The van der Waals surface area contributed by atoms with Crippen LogP contribution in [0.3, 0.4) is 0 Å². The van der Waals surface area contributed by atoms with Gasteiger partial charge in [0, 0.05) is 37.1 Å². The van der Waals surface area contributed by atoms with E-state index in [1.54, 1.807) is 16.2 Å². The van der Waals surface area contributed by atoms with E-state index in [1.165, 1.54) is 5.56 Å². The maximum absolute atomic E-state index is 12.1. The highest BCUT2D eigenvalue weighted by molar-refractivity contribution is 7.13. The molecule has 2 aromatic carbocycles. The molecule has 2 aromatic heterocycles. The molecule has 1 saturated heterocycles. The Morgan fingerprint density at radius 2 is 1.71 bits per heavy atom. The van der Waals surface area contributed by atoms with Crippen LogP contribution in [0.1, 0.15) is 18.2 Å². The summed E-state index contributed by atoms with van der Waals surface area (Å²) in [5.41, 5.74) is 5.01. The number of piperazine rings is 1. The summed E-state index contributed by atoms with van der Waals surface area (Å²) < 4.78 is 5.15. The number of nitrogens with zero attached hydrogens (tertiary/aromatic N) is 5. The van der Waals surface area contributed by atoms with E-state index in [0.29, 0.717) is 39.3 Å². The van der Waals surface area contributed by atoms with Crippen molar-refractivity contribution in [2.75, 3.05) is 43.0 Å². The zero-order valence-electron chi connectivity index (χ0n) is 19.9. The lowest BCUT2D eigenvalue weighted by molar-refractivity contribution is 0.105. The number of amides is 1. The minimum absolute atomic E-state index is 0.261. The summed E-state index contributed by atoms with van der Waals surface area (Å²) in [6, 6.07) is 16.2. The van der Waals surface area contributed by atoms with E-state index < -0.39 is 0 Å². The maximum atomic E-state index is 12.1. The number of carbonyl (C=O) groups is 1. The van der Waals surface area contributed by atoms with Gasteiger partial charge in [-0.1, -0.05) is 36.4 Å². The Labute approximate surface area is 208 Å². The van der Waals surface area contributed by atoms with Crippen molar-refractivity contribution in [2.45, 2.75) is 20.4 Å². The number of benzene rings is 2. The van der Waals surface area contributed by atoms with Gasteiger partial charge >= 0.3 is 6.09 Å². The van der Waals surface area contributed by atoms with E-state index in [0.717, 1.165) is 38.9 Å². The van der Waals surface area contributed by atoms with Gasteiger partial charge in [0.05, 0.1) is 29.9 Å². The number of aryl methyl sites for hydroxylation is 1. The number of rotatable bonds is 6. The Kier molecular flexibility index (Phi) is 6.76. The summed E-state index contributed by atoms with van der Waals surface area (Å²) in [4.78, 5) is 30.7. The molecule has 0 saturated carbocycles. The Hall–Kier alpha value is -3.72. The molecule has 8 nitrogen and oxygen atoms in total. The Morgan fingerprint density at radius 1 is 1.00 bits per heavy atom. The van der Waals surface area contributed by atoms with Gasteiger partial charge < -0.3 is 19.9 Å². The molecular weight excluding hydrogens is 460 g/mol. The van der Waals surface area contributed by atoms with Crippen LogP contribution in [0.15, 0.2) is 53.9 Å². The third kappa shape index (κ3) is 5.05. The second-order valence-corrected chi connectivity index (χ2v) is 9.23. The number of fused-ring (bicyclic) bond motifs is 1. The molecule has 1 amide bonds. The Bertz CT molecular complexity index is 1330. The van der Waals surface area contributed by atoms with Gasteiger partial charge in [0.25, 0.3) is 0 Å². The number of aromatic nitrogens is 3. The van der Waals surface area contributed by atoms with Crippen LogP contribution >= 0.6 is 11.3 Å². The fraction of sp³-hybridized carbons (Fsp3) is 0.308. The fourth-order valence-corrected chi connectivity index (χ4v) is 5.05. The van der Waals surface area contributed by atoms with Gasteiger partial charge in [0.15, 0.2) is 11.6 Å². The number of carbonyl (C=O) groups excluding carboxylic acids is 1. The lowest BCUT2D eigenvalue weighted by atomic mass is 10.1. The van der Waals surface area contributed by atoms with E-state index >= 15 is 0 Å². The summed E-state index contributed by atoms with van der Waals surface area (Å²) in [6.45, 7) is 7.34. The van der Waals surface area contributed by atoms with Crippen molar-refractivity contribution < 1.29 is 9.53 Å². The largest absolute Gasteiger partial charge is 0.450 e. The molecule has 5 rings (SSSR count). The minimum atomic E-state index is -0.261. The van der Waals surface area contributed by atoms with E-state index in [-0.39, 0.29) is 6.09 Å². The highest BCUT2D eigenvalue weighted by Gasteiger charge is 2.25. The molecule has 0 unspecified atom stereocenters. The molecule has 35 heavy (non-hydrogen) atoms. The SMILES string of the molecule is CCOC(=O)N1CCN(c2nc3ccccc3nc2NCc2csc(-c3ccccc3C)n2)CC1. The van der Waals surface area contributed by atoms with Gasteiger partial charge in [-0.2, -0.15) is 0 Å². The number of thiazole rings is 1. The van der Waals surface area contributed by atoms with Gasteiger partial charge in [-0.05, 0) is 31.5 Å². The molecular formula is C26H28N6O2S. The highest BCUT2D eigenvalue weighted by atomic mass is 32.1. The van der Waals surface area contributed by atoms with E-state index in [4.69, 9.17) is 19.7 Å². The third-order valence-electron chi connectivity index (χ3n) is 6.02. The van der Waals surface area contributed by atoms with Crippen LogP contribution in [0.5, 0.6) is 0 Å². The molecule has 0 radical (unpaired) electrons. The second-order valence-electron chi connectivity index (χ2n) is 8.37. The van der Waals surface area contributed by atoms with Crippen LogP contribution < -0.4 is 10.2 Å². The van der Waals surface area contributed by atoms with Crippen molar-refractivity contribution in [1.29, 1.82) is 0 Å². The number of para-hydroxylation sites is 2. The molecule has 180 valence electrons. The van der Waals surface area contributed by atoms with E-state index in [9.17, 15) is 4.79 Å². The van der Waals surface area contributed by atoms with Crippen molar-refractivity contribution in [3.63, 3.8) is 0 Å². The monoisotopic (exact) mass is 488 g/mol. The molecule has 1 N–H and O–H groups in total. The van der Waals surface area contributed by atoms with Gasteiger partial charge in [-0.25, -0.2) is 19.7 Å². The highest BCUT2D eigenvalue weighted by Crippen LogP contribution is 2.29. The minimum Gasteiger partial charge on any atom is -0.450 e. The zero-order chi connectivity index (χ0) is 24.2. The molecule has 4 aromatic rings. The van der Waals surface area contributed by atoms with Crippen LogP contribution in [-0.2, 0) is 11.3 Å². The first kappa shape index (κ1) is 23.0. The number of anilines is 2. The van der Waals surface area contributed by atoms with Gasteiger partial charge in [-0.3, -0.25) is 0 Å². The van der Waals surface area contributed by atoms with Gasteiger partial charge in [-0.15, -0.1) is 11.3 Å². The Morgan fingerprint density at radius 3 is 2.46 bits per heavy atom. The normalized spacial score (nSPS) is 13.8. The predicted molar refractivity (Wildman–Crippen MR) is 140 cm³/mol. The molecule has 1 fully saturated rings. The van der Waals surface area contributed by atoms with E-state index in [2.05, 4.69) is 34.7 Å². The fourth-order valence-electron chi connectivity index (χ4n) is 4.14. The third-order valence-corrected chi connectivity index (χ3v) is 6.95. The van der Waals surface area contributed by atoms with Crippen molar-refractivity contribution in [2.24, 2.45) is 0 Å². The summed E-state index contributed by atoms with van der Waals surface area (Å²) in [5.74, 6) is 1.51. The van der Waals surface area contributed by atoms with Crippen LogP contribution in [0.4, 0.5) is 16.4 Å². The number of hydrogen-bond donors (Lipinski definition) is 1. The first-order valence-electron chi connectivity index (χ1n) is 11.8. The van der Waals surface area contributed by atoms with Crippen molar-refractivity contribution in [3.8, 4) is 10.6 Å². The zero-order valence-corrected chi connectivity index (χ0v) is 20.7. The van der Waals surface area contributed by atoms with Crippen LogP contribution in [-0.4, -0.2) is 58.7 Å². The van der Waals surface area contributed by atoms with Crippen LogP contribution in [0, 0.1) is 6.92 Å². The lowest BCUT2D eigenvalue weighted by Gasteiger charge is -2.35. The van der Waals surface area contributed by atoms with Crippen molar-refractivity contribution in [3.05, 3.63) is 65.2 Å². The molecule has 0 spiro atoms. The molecule has 0 bridgehead atoms. The Balaban J connectivity index is 1.36. The molecule has 0 aliphatic carbocycles. The molecule has 1 aliphatic rings. The average molecular weight is 489 g/mol. The van der Waals surface area contributed by atoms with Crippen LogP contribution in [0.25, 0.3) is 21.6 Å². The smallest absolute Gasteiger partial charge is 0.409 e. The van der Waals surface area contributed by atoms with Crippen molar-refractivity contribution in [1.82, 2.24) is 19.9 Å². The molecule has 3 heterocycles.